The van der Waals surface area contributed by atoms with Gasteiger partial charge in [-0.2, -0.15) is 0 Å². The van der Waals surface area contributed by atoms with Gasteiger partial charge in [-0.15, -0.1) is 0 Å². The second-order valence-corrected chi connectivity index (χ2v) is 7.72. The summed E-state index contributed by atoms with van der Waals surface area (Å²) in [5, 5.41) is 0. The van der Waals surface area contributed by atoms with Crippen LogP contribution >= 0.6 is 0 Å². The fourth-order valence-corrected chi connectivity index (χ4v) is 2.64. The average Bonchev–Trinajstić information content (AvgIpc) is 2.65. The first-order valence-corrected chi connectivity index (χ1v) is 10.6. The minimum Gasteiger partial charge on any atom is -0.0683 e. The highest BCUT2D eigenvalue weighted by Gasteiger charge is 2.09. The van der Waals surface area contributed by atoms with Crippen LogP contribution in [0, 0.1) is 12.3 Å². The van der Waals surface area contributed by atoms with Crippen molar-refractivity contribution in [3.05, 3.63) is 70.8 Å². The summed E-state index contributed by atoms with van der Waals surface area (Å²) in [5.74, 6) is 0. The predicted molar refractivity (Wildman–Crippen MR) is 120 cm³/mol. The van der Waals surface area contributed by atoms with E-state index in [1.54, 1.807) is 0 Å². The molecule has 26 heavy (non-hydrogen) atoms. The molecule has 0 radical (unpaired) electrons. The van der Waals surface area contributed by atoms with Crippen molar-refractivity contribution in [3.63, 3.8) is 0 Å². The first-order valence-electron chi connectivity index (χ1n) is 10.6. The van der Waals surface area contributed by atoms with E-state index < -0.39 is 0 Å². The highest BCUT2D eigenvalue weighted by atomic mass is 14.1. The van der Waals surface area contributed by atoms with Gasteiger partial charge in [-0.1, -0.05) is 103 Å². The van der Waals surface area contributed by atoms with Crippen molar-refractivity contribution >= 4 is 0 Å². The molecule has 0 heteroatoms. The number of hydrogen-bond donors (Lipinski definition) is 0. The Morgan fingerprint density at radius 2 is 0.923 bits per heavy atom. The van der Waals surface area contributed by atoms with Crippen molar-refractivity contribution in [1.29, 1.82) is 0 Å². The molecule has 0 nitrogen and oxygen atoms in total. The maximum atomic E-state index is 2.31. The van der Waals surface area contributed by atoms with Crippen LogP contribution in [-0.2, 0) is 19.3 Å². The van der Waals surface area contributed by atoms with Gasteiger partial charge >= 0.3 is 0 Å². The van der Waals surface area contributed by atoms with E-state index >= 15 is 0 Å². The quantitative estimate of drug-likeness (QED) is 0.490. The van der Waals surface area contributed by atoms with Crippen LogP contribution in [0.5, 0.6) is 0 Å². The molecule has 0 amide bonds. The average molecular weight is 355 g/mol. The summed E-state index contributed by atoms with van der Waals surface area (Å²) in [6.07, 6.45) is 6.01. The topological polar surface area (TPSA) is 0 Å². The van der Waals surface area contributed by atoms with E-state index in [9.17, 15) is 0 Å². The molecule has 2 aromatic rings. The summed E-state index contributed by atoms with van der Waals surface area (Å²) in [5.41, 5.74) is 6.15. The second kappa shape index (κ2) is 13.6. The highest BCUT2D eigenvalue weighted by molar-refractivity contribution is 5.24. The molecule has 0 bridgehead atoms. The normalized spacial score (nSPS) is 10.3. The lowest BCUT2D eigenvalue weighted by Gasteiger charge is -2.17. The highest BCUT2D eigenvalue weighted by Crippen LogP contribution is 2.21. The van der Waals surface area contributed by atoms with E-state index in [-0.39, 0.29) is 0 Å². The van der Waals surface area contributed by atoms with Crippen molar-refractivity contribution in [2.24, 2.45) is 5.41 Å². The summed E-state index contributed by atoms with van der Waals surface area (Å²) < 4.78 is 0. The van der Waals surface area contributed by atoms with E-state index in [0.717, 1.165) is 0 Å². The Labute approximate surface area is 164 Å². The number of benzene rings is 2. The monoisotopic (exact) mass is 354 g/mol. The van der Waals surface area contributed by atoms with Crippen LogP contribution in [-0.4, -0.2) is 0 Å². The fraction of sp³-hybridized carbons (Fsp3) is 0.538. The zero-order valence-electron chi connectivity index (χ0n) is 18.7. The lowest BCUT2D eigenvalue weighted by atomic mass is 9.88. The van der Waals surface area contributed by atoms with E-state index in [1.807, 2.05) is 27.7 Å². The Morgan fingerprint density at radius 3 is 1.31 bits per heavy atom. The number of hydrogen-bond acceptors (Lipinski definition) is 0. The second-order valence-electron chi connectivity index (χ2n) is 7.72. The van der Waals surface area contributed by atoms with E-state index in [0.29, 0.717) is 5.41 Å². The molecule has 0 unspecified atom stereocenters. The molecule has 0 aliphatic heterocycles. The molecule has 2 rings (SSSR count). The van der Waals surface area contributed by atoms with Crippen LogP contribution in [0.3, 0.4) is 0 Å². The molecular weight excluding hydrogens is 312 g/mol. The maximum absolute atomic E-state index is 2.31. The molecule has 0 aliphatic carbocycles. The molecule has 0 atom stereocenters. The molecule has 0 fully saturated rings. The van der Waals surface area contributed by atoms with Gasteiger partial charge in [-0.25, -0.2) is 0 Å². The molecule has 146 valence electrons. The van der Waals surface area contributed by atoms with Crippen LogP contribution in [0.15, 0.2) is 48.5 Å². The van der Waals surface area contributed by atoms with Gasteiger partial charge in [0.2, 0.25) is 0 Å². The summed E-state index contributed by atoms with van der Waals surface area (Å²) in [4.78, 5) is 0. The SMILES string of the molecule is CC.CC.Cc1ccc(CCCc2ccc(CCC(C)(C)C)cc2)cc1. The molecule has 0 saturated heterocycles. The first kappa shape index (κ1) is 24.4. The van der Waals surface area contributed by atoms with Crippen molar-refractivity contribution in [3.8, 4) is 0 Å². The molecular formula is C26H42. The van der Waals surface area contributed by atoms with Crippen LogP contribution in [0.25, 0.3) is 0 Å². The van der Waals surface area contributed by atoms with E-state index in [4.69, 9.17) is 0 Å². The lowest BCUT2D eigenvalue weighted by molar-refractivity contribution is 0.378. The Balaban J connectivity index is 0.00000146. The summed E-state index contributed by atoms with van der Waals surface area (Å²) >= 11 is 0. The van der Waals surface area contributed by atoms with Gasteiger partial charge in [-0.05, 0) is 61.1 Å². The molecule has 0 spiro atoms. The van der Waals surface area contributed by atoms with Gasteiger partial charge in [0, 0.05) is 0 Å². The number of aryl methyl sites for hydroxylation is 4. The van der Waals surface area contributed by atoms with Gasteiger partial charge in [-0.3, -0.25) is 0 Å². The molecule has 0 saturated carbocycles. The fourth-order valence-electron chi connectivity index (χ4n) is 2.64. The smallest absolute Gasteiger partial charge is 0.0274 e. The van der Waals surface area contributed by atoms with Crippen LogP contribution in [0.4, 0.5) is 0 Å². The van der Waals surface area contributed by atoms with Gasteiger partial charge < -0.3 is 0 Å². The Hall–Kier alpha value is -1.56. The zero-order valence-corrected chi connectivity index (χ0v) is 18.7. The van der Waals surface area contributed by atoms with E-state index in [1.165, 1.54) is 54.4 Å². The Morgan fingerprint density at radius 1 is 0.577 bits per heavy atom. The van der Waals surface area contributed by atoms with Gasteiger partial charge in [0.05, 0.1) is 0 Å². The van der Waals surface area contributed by atoms with Crippen LogP contribution < -0.4 is 0 Å². The van der Waals surface area contributed by atoms with Crippen molar-refractivity contribution in [2.45, 2.75) is 87.5 Å². The van der Waals surface area contributed by atoms with Crippen LogP contribution in [0.2, 0.25) is 0 Å². The summed E-state index contributed by atoms with van der Waals surface area (Å²) in [7, 11) is 0. The third-order valence-corrected chi connectivity index (χ3v) is 4.24. The summed E-state index contributed by atoms with van der Waals surface area (Å²) in [6, 6.07) is 18.2. The standard InChI is InChI=1S/C22H30.2C2H6/c1-18-8-10-19(11-9-18)6-5-7-20-12-14-21(15-13-20)16-17-22(2,3)4;2*1-2/h8-15H,5-7,16-17H2,1-4H3;2*1-2H3. The van der Waals surface area contributed by atoms with Gasteiger partial charge in [0.1, 0.15) is 0 Å². The Bertz CT molecular complexity index is 552. The van der Waals surface area contributed by atoms with E-state index in [2.05, 4.69) is 76.2 Å². The molecule has 0 aromatic heterocycles. The largest absolute Gasteiger partial charge is 0.0683 e. The van der Waals surface area contributed by atoms with Gasteiger partial charge in [0.25, 0.3) is 0 Å². The molecule has 0 heterocycles. The molecule has 0 N–H and O–H groups in total. The van der Waals surface area contributed by atoms with Gasteiger partial charge in [0.15, 0.2) is 0 Å². The number of rotatable bonds is 6. The minimum atomic E-state index is 0.423. The van der Waals surface area contributed by atoms with Crippen molar-refractivity contribution < 1.29 is 0 Å². The van der Waals surface area contributed by atoms with Crippen molar-refractivity contribution in [1.82, 2.24) is 0 Å². The molecule has 0 aliphatic rings. The lowest BCUT2D eigenvalue weighted by Crippen LogP contribution is -2.06. The van der Waals surface area contributed by atoms with Crippen LogP contribution in [0.1, 0.15) is 83.6 Å². The first-order chi connectivity index (χ1) is 12.4. The Kier molecular flexibility index (Phi) is 12.8. The molecule has 2 aromatic carbocycles. The third-order valence-electron chi connectivity index (χ3n) is 4.24. The minimum absolute atomic E-state index is 0.423. The van der Waals surface area contributed by atoms with Crippen molar-refractivity contribution in [2.75, 3.05) is 0 Å². The third kappa shape index (κ3) is 11.1. The predicted octanol–water partition coefficient (Wildman–Crippen LogP) is 8.20. The maximum Gasteiger partial charge on any atom is -0.0274 e. The zero-order chi connectivity index (χ0) is 20.0. The summed E-state index contributed by atoms with van der Waals surface area (Å²) in [6.45, 7) is 17.1.